The molecule has 0 aliphatic carbocycles. The van der Waals surface area contributed by atoms with Gasteiger partial charge in [0, 0.05) is 51.3 Å². The van der Waals surface area contributed by atoms with Gasteiger partial charge in [-0.25, -0.2) is 0 Å². The number of amides is 2. The van der Waals surface area contributed by atoms with Gasteiger partial charge in [-0.3, -0.25) is 14.5 Å². The lowest BCUT2D eigenvalue weighted by Crippen LogP contribution is -2.38. The number of rotatable bonds is 7. The maximum Gasteiger partial charge on any atom is 0.246 e. The molecule has 0 radical (unpaired) electrons. The van der Waals surface area contributed by atoms with Gasteiger partial charge < -0.3 is 14.9 Å². The molecule has 1 atom stereocenters. The van der Waals surface area contributed by atoms with Crippen LogP contribution in [0.5, 0.6) is 0 Å². The van der Waals surface area contributed by atoms with Gasteiger partial charge in [0.1, 0.15) is 0 Å². The van der Waals surface area contributed by atoms with E-state index in [2.05, 4.69) is 4.90 Å². The van der Waals surface area contributed by atoms with Crippen LogP contribution in [-0.2, 0) is 9.59 Å². The van der Waals surface area contributed by atoms with Crippen LogP contribution in [0.2, 0.25) is 10.0 Å². The fourth-order valence-electron chi connectivity index (χ4n) is 4.07. The number of aliphatic hydroxyl groups is 1. The summed E-state index contributed by atoms with van der Waals surface area (Å²) in [7, 11) is 0. The van der Waals surface area contributed by atoms with E-state index in [9.17, 15) is 14.7 Å². The van der Waals surface area contributed by atoms with Crippen LogP contribution >= 0.6 is 23.2 Å². The van der Waals surface area contributed by atoms with Gasteiger partial charge >= 0.3 is 0 Å². The van der Waals surface area contributed by atoms with Crippen molar-refractivity contribution in [3.8, 4) is 0 Å². The van der Waals surface area contributed by atoms with Crippen molar-refractivity contribution in [2.24, 2.45) is 0 Å². The molecule has 1 N–H and O–H groups in total. The SMILES string of the molecule is O=C(C=Cc1ccc(Cl)c(Cl)c1)N1CCC(=O)N(CCCN2CCC[C@H]2CO)CC1. The maximum atomic E-state index is 12.6. The predicted molar refractivity (Wildman–Crippen MR) is 120 cm³/mol. The van der Waals surface area contributed by atoms with Crippen LogP contribution in [0.4, 0.5) is 0 Å². The summed E-state index contributed by atoms with van der Waals surface area (Å²) in [5, 5.41) is 10.3. The van der Waals surface area contributed by atoms with E-state index in [4.69, 9.17) is 23.2 Å². The number of likely N-dealkylation sites (tertiary alicyclic amines) is 1. The molecule has 1 aromatic carbocycles. The number of carbonyl (C=O) groups is 2. The van der Waals surface area contributed by atoms with Crippen LogP contribution in [0.25, 0.3) is 6.08 Å². The Kier molecular flexibility index (Phi) is 8.57. The summed E-state index contributed by atoms with van der Waals surface area (Å²) in [5.41, 5.74) is 0.799. The van der Waals surface area contributed by atoms with E-state index < -0.39 is 0 Å². The molecule has 2 fully saturated rings. The first-order chi connectivity index (χ1) is 14.5. The van der Waals surface area contributed by atoms with E-state index in [1.54, 1.807) is 29.2 Å². The predicted octanol–water partition coefficient (Wildman–Crippen LogP) is 2.91. The monoisotopic (exact) mass is 453 g/mol. The molecule has 0 unspecified atom stereocenters. The second kappa shape index (κ2) is 11.1. The van der Waals surface area contributed by atoms with E-state index in [1.807, 2.05) is 4.90 Å². The molecule has 0 saturated carbocycles. The van der Waals surface area contributed by atoms with Crippen LogP contribution in [0.15, 0.2) is 24.3 Å². The Bertz CT molecular complexity index is 787. The minimum atomic E-state index is -0.112. The number of nitrogens with zero attached hydrogens (tertiary/aromatic N) is 3. The van der Waals surface area contributed by atoms with Crippen molar-refractivity contribution >= 4 is 41.1 Å². The Labute approximate surface area is 188 Å². The Hall–Kier alpha value is -1.60. The second-order valence-electron chi connectivity index (χ2n) is 7.83. The minimum absolute atomic E-state index is 0.0962. The highest BCUT2D eigenvalue weighted by molar-refractivity contribution is 6.42. The van der Waals surface area contributed by atoms with Crippen LogP contribution < -0.4 is 0 Å². The average Bonchev–Trinajstić information content (AvgIpc) is 3.11. The largest absolute Gasteiger partial charge is 0.395 e. The molecule has 8 heteroatoms. The maximum absolute atomic E-state index is 12.6. The van der Waals surface area contributed by atoms with E-state index in [-0.39, 0.29) is 24.5 Å². The zero-order chi connectivity index (χ0) is 21.5. The highest BCUT2D eigenvalue weighted by atomic mass is 35.5. The number of carbonyl (C=O) groups excluding carboxylic acids is 2. The van der Waals surface area contributed by atoms with Crippen molar-refractivity contribution in [2.45, 2.75) is 31.7 Å². The number of benzene rings is 1. The molecule has 2 aliphatic heterocycles. The molecular formula is C22H29Cl2N3O3. The molecule has 30 heavy (non-hydrogen) atoms. The number of halogens is 2. The van der Waals surface area contributed by atoms with Gasteiger partial charge in [-0.2, -0.15) is 0 Å². The lowest BCUT2D eigenvalue weighted by molar-refractivity contribution is -0.130. The van der Waals surface area contributed by atoms with E-state index in [0.717, 1.165) is 37.9 Å². The first-order valence-electron chi connectivity index (χ1n) is 10.5. The van der Waals surface area contributed by atoms with Gasteiger partial charge in [0.15, 0.2) is 0 Å². The molecule has 2 heterocycles. The van der Waals surface area contributed by atoms with Gasteiger partial charge in [-0.1, -0.05) is 29.3 Å². The Morgan fingerprint density at radius 2 is 1.97 bits per heavy atom. The van der Waals surface area contributed by atoms with Crippen LogP contribution in [-0.4, -0.2) is 83.5 Å². The first kappa shape index (κ1) is 23.1. The van der Waals surface area contributed by atoms with E-state index in [1.165, 1.54) is 6.08 Å². The van der Waals surface area contributed by atoms with Crippen molar-refractivity contribution in [2.75, 3.05) is 45.9 Å². The van der Waals surface area contributed by atoms with Crippen molar-refractivity contribution in [3.63, 3.8) is 0 Å². The highest BCUT2D eigenvalue weighted by Crippen LogP contribution is 2.23. The molecule has 2 saturated heterocycles. The quantitative estimate of drug-likeness (QED) is 0.644. The zero-order valence-corrected chi connectivity index (χ0v) is 18.6. The molecule has 2 aliphatic rings. The van der Waals surface area contributed by atoms with E-state index >= 15 is 0 Å². The summed E-state index contributed by atoms with van der Waals surface area (Å²) in [5.74, 6) is -0.0162. The lowest BCUT2D eigenvalue weighted by atomic mass is 10.2. The van der Waals surface area contributed by atoms with E-state index in [0.29, 0.717) is 42.6 Å². The molecule has 6 nitrogen and oxygen atoms in total. The van der Waals surface area contributed by atoms with Gasteiger partial charge in [0.25, 0.3) is 0 Å². The van der Waals surface area contributed by atoms with Crippen LogP contribution in [0.1, 0.15) is 31.2 Å². The second-order valence-corrected chi connectivity index (χ2v) is 8.65. The number of hydrogen-bond donors (Lipinski definition) is 1. The standard InChI is InChI=1S/C22H29Cl2N3O3/c23-19-6-4-17(15-20(19)24)5-7-21(29)27-12-8-22(30)26(13-14-27)11-2-10-25-9-1-3-18(25)16-28/h4-7,15,18,28H,1-3,8-14,16H2/t18-/m0/s1. The summed E-state index contributed by atoms with van der Waals surface area (Å²) < 4.78 is 0. The number of aliphatic hydroxyl groups excluding tert-OH is 1. The Balaban J connectivity index is 1.47. The minimum Gasteiger partial charge on any atom is -0.395 e. The Morgan fingerprint density at radius 3 is 2.73 bits per heavy atom. The third-order valence-electron chi connectivity index (χ3n) is 5.84. The smallest absolute Gasteiger partial charge is 0.246 e. The summed E-state index contributed by atoms with van der Waals surface area (Å²) in [4.78, 5) is 30.9. The third-order valence-corrected chi connectivity index (χ3v) is 6.58. The summed E-state index contributed by atoms with van der Waals surface area (Å²) in [6.07, 6.45) is 6.63. The Morgan fingerprint density at radius 1 is 1.13 bits per heavy atom. The summed E-state index contributed by atoms with van der Waals surface area (Å²) >= 11 is 11.9. The molecule has 1 aromatic rings. The normalized spacial score (nSPS) is 20.9. The molecule has 2 amide bonds. The lowest BCUT2D eigenvalue weighted by Gasteiger charge is -2.25. The average molecular weight is 454 g/mol. The van der Waals surface area contributed by atoms with Crippen molar-refractivity contribution < 1.29 is 14.7 Å². The van der Waals surface area contributed by atoms with Crippen molar-refractivity contribution in [1.29, 1.82) is 0 Å². The van der Waals surface area contributed by atoms with Gasteiger partial charge in [-0.05, 0) is 49.6 Å². The van der Waals surface area contributed by atoms with Crippen molar-refractivity contribution in [3.05, 3.63) is 39.9 Å². The highest BCUT2D eigenvalue weighted by Gasteiger charge is 2.25. The topological polar surface area (TPSA) is 64.1 Å². The fourth-order valence-corrected chi connectivity index (χ4v) is 4.38. The third kappa shape index (κ3) is 6.20. The molecule has 0 bridgehead atoms. The van der Waals surface area contributed by atoms with Crippen molar-refractivity contribution in [1.82, 2.24) is 14.7 Å². The van der Waals surface area contributed by atoms with Gasteiger partial charge in [0.05, 0.1) is 16.7 Å². The molecule has 164 valence electrons. The molecule has 0 spiro atoms. The van der Waals surface area contributed by atoms with Crippen LogP contribution in [0.3, 0.4) is 0 Å². The molecular weight excluding hydrogens is 425 g/mol. The van der Waals surface area contributed by atoms with Crippen LogP contribution in [0, 0.1) is 0 Å². The van der Waals surface area contributed by atoms with Gasteiger partial charge in [0.2, 0.25) is 11.8 Å². The molecule has 0 aromatic heterocycles. The number of hydrogen-bond acceptors (Lipinski definition) is 4. The summed E-state index contributed by atoms with van der Waals surface area (Å²) in [6, 6.07) is 5.47. The zero-order valence-electron chi connectivity index (χ0n) is 17.1. The fraction of sp³-hybridized carbons (Fsp3) is 0.545. The molecule has 3 rings (SSSR count). The first-order valence-corrected chi connectivity index (χ1v) is 11.3. The summed E-state index contributed by atoms with van der Waals surface area (Å²) in [6.45, 7) is 4.31. The van der Waals surface area contributed by atoms with Gasteiger partial charge in [-0.15, -0.1) is 0 Å².